The highest BCUT2D eigenvalue weighted by Gasteiger charge is 2.26. The van der Waals surface area contributed by atoms with E-state index >= 15 is 0 Å². The van der Waals surface area contributed by atoms with Crippen LogP contribution >= 0.6 is 12.4 Å². The molecule has 1 aliphatic heterocycles. The molecular weight excluding hydrogens is 264 g/mol. The summed E-state index contributed by atoms with van der Waals surface area (Å²) in [6.07, 6.45) is 1.46. The molecule has 1 amide bonds. The van der Waals surface area contributed by atoms with Gasteiger partial charge in [0.15, 0.2) is 9.84 Å². The van der Waals surface area contributed by atoms with Crippen LogP contribution in [-0.2, 0) is 14.6 Å². The van der Waals surface area contributed by atoms with Crippen molar-refractivity contribution >= 4 is 28.2 Å². The van der Waals surface area contributed by atoms with E-state index in [0.717, 1.165) is 19.5 Å². The molecule has 1 fully saturated rings. The maximum Gasteiger partial charge on any atom is 0.237 e. The quantitative estimate of drug-likeness (QED) is 0.775. The van der Waals surface area contributed by atoms with E-state index in [1.54, 1.807) is 18.9 Å². The molecule has 0 spiro atoms. The van der Waals surface area contributed by atoms with Crippen LogP contribution in [0.5, 0.6) is 0 Å². The Bertz CT molecular complexity index is 339. The Labute approximate surface area is 109 Å². The van der Waals surface area contributed by atoms with Crippen molar-refractivity contribution in [3.8, 4) is 0 Å². The number of carbonyl (C=O) groups is 1. The molecule has 0 bridgehead atoms. The van der Waals surface area contributed by atoms with E-state index < -0.39 is 9.84 Å². The number of sulfone groups is 1. The summed E-state index contributed by atoms with van der Waals surface area (Å²) < 4.78 is 23.0. The van der Waals surface area contributed by atoms with Gasteiger partial charge in [-0.3, -0.25) is 4.79 Å². The second kappa shape index (κ2) is 7.18. The smallest absolute Gasteiger partial charge is 0.237 e. The van der Waals surface area contributed by atoms with Crippen molar-refractivity contribution in [1.29, 1.82) is 0 Å². The van der Waals surface area contributed by atoms with E-state index in [0.29, 0.717) is 6.42 Å². The first kappa shape index (κ1) is 16.7. The average Bonchev–Trinajstić information content (AvgIpc) is 2.68. The SMILES string of the molecule is CCCS(=O)(=O)CC(=O)N(C)C1CCNC1.Cl. The maximum atomic E-state index is 11.7. The highest BCUT2D eigenvalue weighted by molar-refractivity contribution is 7.92. The molecule has 1 rings (SSSR count). The Morgan fingerprint density at radius 3 is 2.59 bits per heavy atom. The van der Waals surface area contributed by atoms with Crippen molar-refractivity contribution in [3.05, 3.63) is 0 Å². The van der Waals surface area contributed by atoms with Gasteiger partial charge in [-0.2, -0.15) is 0 Å². The normalized spacial score (nSPS) is 19.8. The van der Waals surface area contributed by atoms with Crippen LogP contribution in [0.4, 0.5) is 0 Å². The van der Waals surface area contributed by atoms with Crippen molar-refractivity contribution < 1.29 is 13.2 Å². The molecule has 1 atom stereocenters. The number of amides is 1. The van der Waals surface area contributed by atoms with Crippen LogP contribution in [0.25, 0.3) is 0 Å². The molecule has 1 saturated heterocycles. The third-order valence-electron chi connectivity index (χ3n) is 2.83. The van der Waals surface area contributed by atoms with Gasteiger partial charge in [-0.1, -0.05) is 6.92 Å². The van der Waals surface area contributed by atoms with Crippen LogP contribution in [-0.4, -0.2) is 56.9 Å². The summed E-state index contributed by atoms with van der Waals surface area (Å²) in [5, 5.41) is 3.15. The maximum absolute atomic E-state index is 11.7. The van der Waals surface area contributed by atoms with Crippen molar-refractivity contribution in [3.63, 3.8) is 0 Å². The summed E-state index contributed by atoms with van der Waals surface area (Å²) in [5.41, 5.74) is 0. The minimum atomic E-state index is -3.22. The van der Waals surface area contributed by atoms with E-state index in [-0.39, 0.29) is 35.9 Å². The van der Waals surface area contributed by atoms with Gasteiger partial charge < -0.3 is 10.2 Å². The molecule has 5 nitrogen and oxygen atoms in total. The van der Waals surface area contributed by atoms with Gasteiger partial charge in [-0.05, 0) is 19.4 Å². The Hall–Kier alpha value is -0.330. The molecule has 0 aromatic heterocycles. The Balaban J connectivity index is 0.00000256. The lowest BCUT2D eigenvalue weighted by Gasteiger charge is -2.23. The monoisotopic (exact) mass is 284 g/mol. The summed E-state index contributed by atoms with van der Waals surface area (Å²) >= 11 is 0. The first-order chi connectivity index (χ1) is 7.46. The number of rotatable bonds is 5. The lowest BCUT2D eigenvalue weighted by molar-refractivity contribution is -0.128. The summed E-state index contributed by atoms with van der Waals surface area (Å²) in [6, 6.07) is 0.143. The number of hydrogen-bond acceptors (Lipinski definition) is 4. The van der Waals surface area contributed by atoms with Crippen LogP contribution in [0, 0.1) is 0 Å². The van der Waals surface area contributed by atoms with E-state index in [1.165, 1.54) is 0 Å². The topological polar surface area (TPSA) is 66.5 Å². The fourth-order valence-electron chi connectivity index (χ4n) is 1.85. The zero-order valence-electron chi connectivity index (χ0n) is 10.3. The zero-order chi connectivity index (χ0) is 12.2. The fraction of sp³-hybridized carbons (Fsp3) is 0.900. The van der Waals surface area contributed by atoms with Gasteiger partial charge >= 0.3 is 0 Å². The Kier molecular flexibility index (Phi) is 7.04. The predicted molar refractivity (Wildman–Crippen MR) is 70.2 cm³/mol. The van der Waals surface area contributed by atoms with Gasteiger partial charge in [0.25, 0.3) is 0 Å². The first-order valence-corrected chi connectivity index (χ1v) is 7.45. The molecular formula is C10H21ClN2O3S. The van der Waals surface area contributed by atoms with E-state index in [9.17, 15) is 13.2 Å². The summed E-state index contributed by atoms with van der Waals surface area (Å²) in [5.74, 6) is -0.550. The molecule has 0 aromatic carbocycles. The van der Waals surface area contributed by atoms with Crippen molar-refractivity contribution in [1.82, 2.24) is 10.2 Å². The van der Waals surface area contributed by atoms with Gasteiger partial charge in [-0.15, -0.1) is 12.4 Å². The van der Waals surface area contributed by atoms with Crippen LogP contribution in [0.3, 0.4) is 0 Å². The van der Waals surface area contributed by atoms with Crippen LogP contribution in [0.15, 0.2) is 0 Å². The number of hydrogen-bond donors (Lipinski definition) is 1. The second-order valence-corrected chi connectivity index (χ2v) is 6.43. The minimum Gasteiger partial charge on any atom is -0.341 e. The molecule has 102 valence electrons. The van der Waals surface area contributed by atoms with Gasteiger partial charge in [0.2, 0.25) is 5.91 Å². The summed E-state index contributed by atoms with van der Waals surface area (Å²) in [4.78, 5) is 13.3. The number of nitrogens with one attached hydrogen (secondary N) is 1. The third kappa shape index (κ3) is 5.23. The molecule has 0 radical (unpaired) electrons. The lowest BCUT2D eigenvalue weighted by atomic mass is 10.2. The zero-order valence-corrected chi connectivity index (χ0v) is 11.9. The fourth-order valence-corrected chi connectivity index (χ4v) is 3.19. The van der Waals surface area contributed by atoms with E-state index in [1.807, 2.05) is 0 Å². The van der Waals surface area contributed by atoms with Gasteiger partial charge in [0.1, 0.15) is 5.75 Å². The highest BCUT2D eigenvalue weighted by Crippen LogP contribution is 2.07. The molecule has 1 heterocycles. The average molecular weight is 285 g/mol. The molecule has 1 N–H and O–H groups in total. The lowest BCUT2D eigenvalue weighted by Crippen LogP contribution is -2.41. The molecule has 17 heavy (non-hydrogen) atoms. The van der Waals surface area contributed by atoms with Crippen LogP contribution in [0.2, 0.25) is 0 Å². The highest BCUT2D eigenvalue weighted by atomic mass is 35.5. The van der Waals surface area contributed by atoms with E-state index in [2.05, 4.69) is 5.32 Å². The molecule has 0 aliphatic carbocycles. The van der Waals surface area contributed by atoms with E-state index in [4.69, 9.17) is 0 Å². The van der Waals surface area contributed by atoms with Gasteiger partial charge in [-0.25, -0.2) is 8.42 Å². The minimum absolute atomic E-state index is 0. The van der Waals surface area contributed by atoms with Gasteiger partial charge in [0, 0.05) is 19.6 Å². The molecule has 1 aliphatic rings. The van der Waals surface area contributed by atoms with Crippen LogP contribution in [0.1, 0.15) is 19.8 Å². The Morgan fingerprint density at radius 1 is 1.47 bits per heavy atom. The first-order valence-electron chi connectivity index (χ1n) is 5.63. The van der Waals surface area contributed by atoms with Crippen molar-refractivity contribution in [2.24, 2.45) is 0 Å². The Morgan fingerprint density at radius 2 is 2.12 bits per heavy atom. The molecule has 0 aromatic rings. The second-order valence-electron chi connectivity index (χ2n) is 4.24. The summed E-state index contributed by atoms with van der Waals surface area (Å²) in [7, 11) is -1.54. The molecule has 7 heteroatoms. The standard InChI is InChI=1S/C10H20N2O3S.ClH/c1-3-6-16(14,15)8-10(13)12(2)9-4-5-11-7-9;/h9,11H,3-8H2,1-2H3;1H. The van der Waals surface area contributed by atoms with Crippen molar-refractivity contribution in [2.45, 2.75) is 25.8 Å². The largest absolute Gasteiger partial charge is 0.341 e. The van der Waals surface area contributed by atoms with Crippen LogP contribution < -0.4 is 5.32 Å². The summed E-state index contributed by atoms with van der Waals surface area (Å²) in [6.45, 7) is 3.45. The number of carbonyl (C=O) groups excluding carboxylic acids is 1. The predicted octanol–water partition coefficient (Wildman–Crippen LogP) is 0.0533. The van der Waals surface area contributed by atoms with Gasteiger partial charge in [0.05, 0.1) is 5.75 Å². The number of likely N-dealkylation sites (N-methyl/N-ethyl adjacent to an activating group) is 1. The third-order valence-corrected chi connectivity index (χ3v) is 4.55. The number of halogens is 1. The molecule has 0 saturated carbocycles. The van der Waals surface area contributed by atoms with Crippen molar-refractivity contribution in [2.75, 3.05) is 31.6 Å². The number of nitrogens with zero attached hydrogens (tertiary/aromatic N) is 1. The molecule has 1 unspecified atom stereocenters.